The summed E-state index contributed by atoms with van der Waals surface area (Å²) in [6.07, 6.45) is 2.68. The second-order valence-corrected chi connectivity index (χ2v) is 7.33. The van der Waals surface area contributed by atoms with Gasteiger partial charge in [-0.2, -0.15) is 0 Å². The molecule has 0 N–H and O–H groups in total. The molecule has 0 amide bonds. The minimum atomic E-state index is -0.402. The Hall–Kier alpha value is -3.20. The fourth-order valence-corrected chi connectivity index (χ4v) is 3.68. The van der Waals surface area contributed by atoms with E-state index in [2.05, 4.69) is 25.1 Å². The van der Waals surface area contributed by atoms with Crippen LogP contribution in [0.2, 0.25) is 0 Å². The number of hydrogen-bond donors (Lipinski definition) is 0. The number of anilines is 2. The summed E-state index contributed by atoms with van der Waals surface area (Å²) in [5.74, 6) is 1.50. The summed E-state index contributed by atoms with van der Waals surface area (Å²) in [5.41, 5.74) is 0.733. The summed E-state index contributed by atoms with van der Waals surface area (Å²) in [6.45, 7) is 3.89. The third kappa shape index (κ3) is 3.36. The van der Waals surface area contributed by atoms with E-state index in [9.17, 15) is 4.39 Å². The van der Waals surface area contributed by atoms with Crippen LogP contribution in [-0.2, 0) is 0 Å². The zero-order valence-electron chi connectivity index (χ0n) is 15.5. The molecule has 0 spiro atoms. The van der Waals surface area contributed by atoms with E-state index in [4.69, 9.17) is 4.74 Å². The lowest BCUT2D eigenvalue weighted by molar-refractivity contribution is 0.415. The van der Waals surface area contributed by atoms with Crippen LogP contribution in [0.25, 0.3) is 10.9 Å². The highest BCUT2D eigenvalue weighted by Crippen LogP contribution is 2.37. The molecule has 0 aliphatic carbocycles. The number of rotatable bonds is 5. The number of methoxy groups -OCH3 is 1. The van der Waals surface area contributed by atoms with Crippen molar-refractivity contribution in [2.75, 3.05) is 12.0 Å². The van der Waals surface area contributed by atoms with Crippen LogP contribution >= 0.6 is 11.3 Å². The molecular formula is C19H17FN6OS. The van der Waals surface area contributed by atoms with Crippen molar-refractivity contribution in [3.05, 3.63) is 58.7 Å². The van der Waals surface area contributed by atoms with Crippen LogP contribution in [0.5, 0.6) is 5.75 Å². The molecule has 7 nitrogen and oxygen atoms in total. The fraction of sp³-hybridized carbons (Fsp3) is 0.211. The largest absolute Gasteiger partial charge is 0.497 e. The first-order valence-corrected chi connectivity index (χ1v) is 9.38. The highest BCUT2D eigenvalue weighted by atomic mass is 32.1. The lowest BCUT2D eigenvalue weighted by Crippen LogP contribution is -2.24. The number of aryl methyl sites for hydroxylation is 1. The first kappa shape index (κ1) is 18.2. The number of nitrogens with zero attached hydrogens (tertiary/aromatic N) is 6. The van der Waals surface area contributed by atoms with Crippen molar-refractivity contribution >= 4 is 33.9 Å². The van der Waals surface area contributed by atoms with Crippen LogP contribution in [0.15, 0.2) is 42.9 Å². The average molecular weight is 396 g/mol. The molecule has 0 saturated carbocycles. The Bertz CT molecular complexity index is 1120. The Morgan fingerprint density at radius 1 is 1.11 bits per heavy atom. The molecule has 4 rings (SSSR count). The normalized spacial score (nSPS) is 12.1. The topological polar surface area (TPSA) is 76.9 Å². The Morgan fingerprint density at radius 2 is 1.96 bits per heavy atom. The maximum Gasteiger partial charge on any atom is 0.146 e. The van der Waals surface area contributed by atoms with Crippen molar-refractivity contribution in [2.24, 2.45) is 0 Å². The molecular weight excluding hydrogens is 379 g/mol. The number of benzene rings is 1. The van der Waals surface area contributed by atoms with Gasteiger partial charge >= 0.3 is 0 Å². The molecule has 1 aromatic carbocycles. The Balaban J connectivity index is 1.90. The molecule has 0 aliphatic rings. The summed E-state index contributed by atoms with van der Waals surface area (Å²) in [6, 6.07) is 8.38. The Labute approximate surface area is 164 Å². The van der Waals surface area contributed by atoms with Crippen LogP contribution in [0.3, 0.4) is 0 Å². The number of fused-ring (bicyclic) bond motifs is 1. The van der Waals surface area contributed by atoms with E-state index in [0.717, 1.165) is 20.9 Å². The van der Waals surface area contributed by atoms with E-state index in [1.807, 2.05) is 36.9 Å². The molecule has 9 heteroatoms. The van der Waals surface area contributed by atoms with E-state index >= 15 is 0 Å². The van der Waals surface area contributed by atoms with Gasteiger partial charge in [0.05, 0.1) is 24.9 Å². The van der Waals surface area contributed by atoms with Gasteiger partial charge in [0.15, 0.2) is 0 Å². The SMILES string of the molecule is COc1ccc2c(N(c3ccc(F)cn3)C(C)c3nnc(C)s3)ncnc2c1. The van der Waals surface area contributed by atoms with Crippen LogP contribution < -0.4 is 9.64 Å². The molecule has 0 fully saturated rings. The molecule has 28 heavy (non-hydrogen) atoms. The second kappa shape index (κ2) is 7.43. The Kier molecular flexibility index (Phi) is 4.82. The van der Waals surface area contributed by atoms with Crippen LogP contribution in [0, 0.1) is 12.7 Å². The number of aromatic nitrogens is 5. The van der Waals surface area contributed by atoms with Gasteiger partial charge in [-0.05, 0) is 38.1 Å². The van der Waals surface area contributed by atoms with Gasteiger partial charge in [-0.3, -0.25) is 0 Å². The van der Waals surface area contributed by atoms with Crippen molar-refractivity contribution in [2.45, 2.75) is 19.9 Å². The van der Waals surface area contributed by atoms with E-state index in [-0.39, 0.29) is 6.04 Å². The third-order valence-corrected chi connectivity index (χ3v) is 5.30. The maximum absolute atomic E-state index is 13.5. The van der Waals surface area contributed by atoms with Crippen LogP contribution in [0.1, 0.15) is 23.0 Å². The molecule has 0 saturated heterocycles. The molecule has 0 radical (unpaired) electrons. The fourth-order valence-electron chi connectivity index (χ4n) is 2.93. The molecule has 4 aromatic rings. The molecule has 0 aliphatic heterocycles. The Morgan fingerprint density at radius 3 is 2.64 bits per heavy atom. The van der Waals surface area contributed by atoms with E-state index in [1.54, 1.807) is 13.2 Å². The first-order valence-electron chi connectivity index (χ1n) is 8.56. The van der Waals surface area contributed by atoms with Gasteiger partial charge in [0.2, 0.25) is 0 Å². The minimum Gasteiger partial charge on any atom is -0.497 e. The van der Waals surface area contributed by atoms with Gasteiger partial charge < -0.3 is 9.64 Å². The highest BCUT2D eigenvalue weighted by Gasteiger charge is 2.25. The van der Waals surface area contributed by atoms with E-state index in [1.165, 1.54) is 29.9 Å². The van der Waals surface area contributed by atoms with Gasteiger partial charge in [0.1, 0.15) is 39.5 Å². The number of pyridine rings is 1. The number of ether oxygens (including phenoxy) is 1. The molecule has 3 heterocycles. The molecule has 0 bridgehead atoms. The van der Waals surface area contributed by atoms with Gasteiger partial charge in [0, 0.05) is 11.5 Å². The predicted octanol–water partition coefficient (Wildman–Crippen LogP) is 4.23. The first-order chi connectivity index (χ1) is 13.6. The summed E-state index contributed by atoms with van der Waals surface area (Å²) < 4.78 is 18.8. The van der Waals surface area contributed by atoms with Gasteiger partial charge in [0.25, 0.3) is 0 Å². The van der Waals surface area contributed by atoms with E-state index in [0.29, 0.717) is 17.4 Å². The molecule has 142 valence electrons. The van der Waals surface area contributed by atoms with Crippen molar-refractivity contribution in [1.82, 2.24) is 25.1 Å². The molecule has 1 atom stereocenters. The van der Waals surface area contributed by atoms with Crippen molar-refractivity contribution < 1.29 is 9.13 Å². The lowest BCUT2D eigenvalue weighted by atomic mass is 10.2. The lowest BCUT2D eigenvalue weighted by Gasteiger charge is -2.28. The summed E-state index contributed by atoms with van der Waals surface area (Å²) in [5, 5.41) is 10.9. The molecule has 3 aromatic heterocycles. The van der Waals surface area contributed by atoms with Crippen molar-refractivity contribution in [3.8, 4) is 5.75 Å². The monoisotopic (exact) mass is 396 g/mol. The van der Waals surface area contributed by atoms with Gasteiger partial charge in [-0.15, -0.1) is 10.2 Å². The zero-order valence-corrected chi connectivity index (χ0v) is 16.3. The summed E-state index contributed by atoms with van der Waals surface area (Å²) in [4.78, 5) is 15.0. The molecule has 1 unspecified atom stereocenters. The number of hydrogen-bond acceptors (Lipinski definition) is 8. The quantitative estimate of drug-likeness (QED) is 0.499. The third-order valence-electron chi connectivity index (χ3n) is 4.30. The van der Waals surface area contributed by atoms with Crippen LogP contribution in [-0.4, -0.2) is 32.3 Å². The standard InChI is InChI=1S/C19H17FN6OS/c1-11(19-25-24-12(2)28-19)26(17-7-4-13(20)9-21-17)18-15-6-5-14(27-3)8-16(15)22-10-23-18/h4-11H,1-3H3. The summed E-state index contributed by atoms with van der Waals surface area (Å²) in [7, 11) is 1.61. The smallest absolute Gasteiger partial charge is 0.146 e. The van der Waals surface area contributed by atoms with Crippen LogP contribution in [0.4, 0.5) is 16.0 Å². The van der Waals surface area contributed by atoms with Crippen molar-refractivity contribution in [3.63, 3.8) is 0 Å². The minimum absolute atomic E-state index is 0.218. The number of halogens is 1. The maximum atomic E-state index is 13.5. The summed E-state index contributed by atoms with van der Waals surface area (Å²) >= 11 is 1.50. The zero-order chi connectivity index (χ0) is 19.7. The highest BCUT2D eigenvalue weighted by molar-refractivity contribution is 7.11. The predicted molar refractivity (Wildman–Crippen MR) is 105 cm³/mol. The second-order valence-electron chi connectivity index (χ2n) is 6.12. The van der Waals surface area contributed by atoms with Gasteiger partial charge in [-0.1, -0.05) is 11.3 Å². The van der Waals surface area contributed by atoms with Crippen molar-refractivity contribution in [1.29, 1.82) is 0 Å². The average Bonchev–Trinajstić information content (AvgIpc) is 3.15. The van der Waals surface area contributed by atoms with E-state index < -0.39 is 5.82 Å². The van der Waals surface area contributed by atoms with Gasteiger partial charge in [-0.25, -0.2) is 19.3 Å².